The molecule has 2 aliphatic rings. The lowest BCUT2D eigenvalue weighted by Crippen LogP contribution is -2.25. The summed E-state index contributed by atoms with van der Waals surface area (Å²) < 4.78 is 22.9. The Hall–Kier alpha value is -1.01. The van der Waals surface area contributed by atoms with Gasteiger partial charge < -0.3 is 5.32 Å². The Bertz CT molecular complexity index is 542. The molecule has 0 radical (unpaired) electrons. The Labute approximate surface area is 101 Å². The molecule has 92 valence electrons. The van der Waals surface area contributed by atoms with Gasteiger partial charge in [-0.05, 0) is 6.42 Å². The molecule has 3 rings (SSSR count). The van der Waals surface area contributed by atoms with E-state index in [0.29, 0.717) is 12.2 Å². The van der Waals surface area contributed by atoms with Crippen LogP contribution in [-0.4, -0.2) is 36.4 Å². The standard InChI is InChI=1S/C11H15N3O2S/c15-17(16)4-2-8(7-17)11-13-6-9-5-12-3-1-10(9)14-11/h6,8,12H,1-5,7H2. The smallest absolute Gasteiger partial charge is 0.151 e. The average molecular weight is 253 g/mol. The zero-order valence-electron chi connectivity index (χ0n) is 9.52. The molecular weight excluding hydrogens is 238 g/mol. The van der Waals surface area contributed by atoms with E-state index >= 15 is 0 Å². The second kappa shape index (κ2) is 4.03. The minimum atomic E-state index is -2.86. The molecule has 3 heterocycles. The topological polar surface area (TPSA) is 72.0 Å². The predicted molar refractivity (Wildman–Crippen MR) is 63.5 cm³/mol. The number of aromatic nitrogens is 2. The first-order valence-corrected chi connectivity index (χ1v) is 7.72. The van der Waals surface area contributed by atoms with Crippen molar-refractivity contribution in [3.05, 3.63) is 23.3 Å². The highest BCUT2D eigenvalue weighted by Gasteiger charge is 2.31. The molecule has 6 heteroatoms. The van der Waals surface area contributed by atoms with E-state index in [-0.39, 0.29) is 17.4 Å². The molecular formula is C11H15N3O2S. The third kappa shape index (κ3) is 2.19. The first-order valence-electron chi connectivity index (χ1n) is 5.90. The van der Waals surface area contributed by atoms with Gasteiger partial charge in [0.25, 0.3) is 0 Å². The molecule has 2 aliphatic heterocycles. The second-order valence-electron chi connectivity index (χ2n) is 4.73. The Morgan fingerprint density at radius 1 is 1.41 bits per heavy atom. The molecule has 1 unspecified atom stereocenters. The average Bonchev–Trinajstić information content (AvgIpc) is 2.69. The second-order valence-corrected chi connectivity index (χ2v) is 6.96. The van der Waals surface area contributed by atoms with Crippen molar-refractivity contribution in [2.45, 2.75) is 25.3 Å². The first-order chi connectivity index (χ1) is 8.14. The summed E-state index contributed by atoms with van der Waals surface area (Å²) >= 11 is 0. The molecule has 1 fully saturated rings. The predicted octanol–water partition coefficient (Wildman–Crippen LogP) is 0.0244. The van der Waals surface area contributed by atoms with Crippen molar-refractivity contribution in [2.75, 3.05) is 18.1 Å². The van der Waals surface area contributed by atoms with Gasteiger partial charge in [-0.2, -0.15) is 0 Å². The molecule has 0 spiro atoms. The van der Waals surface area contributed by atoms with Gasteiger partial charge in [0.1, 0.15) is 5.82 Å². The highest BCUT2D eigenvalue weighted by Crippen LogP contribution is 2.27. The first kappa shape index (κ1) is 11.1. The highest BCUT2D eigenvalue weighted by molar-refractivity contribution is 7.91. The summed E-state index contributed by atoms with van der Waals surface area (Å²) in [5.41, 5.74) is 2.22. The van der Waals surface area contributed by atoms with Crippen LogP contribution in [0.15, 0.2) is 6.20 Å². The van der Waals surface area contributed by atoms with Crippen LogP contribution in [0.1, 0.15) is 29.4 Å². The summed E-state index contributed by atoms with van der Waals surface area (Å²) in [6.45, 7) is 1.75. The zero-order valence-corrected chi connectivity index (χ0v) is 10.3. The van der Waals surface area contributed by atoms with Crippen molar-refractivity contribution in [3.8, 4) is 0 Å². The molecule has 1 N–H and O–H groups in total. The summed E-state index contributed by atoms with van der Waals surface area (Å²) in [5.74, 6) is 1.20. The van der Waals surface area contributed by atoms with E-state index in [4.69, 9.17) is 0 Å². The van der Waals surface area contributed by atoms with Crippen LogP contribution in [0, 0.1) is 0 Å². The molecule has 1 aromatic heterocycles. The molecule has 17 heavy (non-hydrogen) atoms. The number of nitrogens with one attached hydrogen (secondary N) is 1. The van der Waals surface area contributed by atoms with Crippen LogP contribution in [0.5, 0.6) is 0 Å². The number of nitrogens with zero attached hydrogens (tertiary/aromatic N) is 2. The summed E-state index contributed by atoms with van der Waals surface area (Å²) in [5, 5.41) is 3.27. The number of hydrogen-bond acceptors (Lipinski definition) is 5. The fraction of sp³-hybridized carbons (Fsp3) is 0.636. The van der Waals surface area contributed by atoms with Crippen LogP contribution in [0.3, 0.4) is 0 Å². The van der Waals surface area contributed by atoms with Crippen molar-refractivity contribution in [1.82, 2.24) is 15.3 Å². The van der Waals surface area contributed by atoms with E-state index in [1.54, 1.807) is 0 Å². The summed E-state index contributed by atoms with van der Waals surface area (Å²) in [6.07, 6.45) is 3.42. The maximum absolute atomic E-state index is 11.4. The van der Waals surface area contributed by atoms with Crippen molar-refractivity contribution in [2.24, 2.45) is 0 Å². The van der Waals surface area contributed by atoms with Crippen LogP contribution in [0.25, 0.3) is 0 Å². The number of sulfone groups is 1. The van der Waals surface area contributed by atoms with Gasteiger partial charge >= 0.3 is 0 Å². The third-order valence-electron chi connectivity index (χ3n) is 3.42. The largest absolute Gasteiger partial charge is 0.312 e. The van der Waals surface area contributed by atoms with E-state index in [1.807, 2.05) is 6.20 Å². The van der Waals surface area contributed by atoms with Gasteiger partial charge in [-0.15, -0.1) is 0 Å². The Kier molecular flexibility index (Phi) is 2.63. The number of rotatable bonds is 1. The van der Waals surface area contributed by atoms with Crippen LogP contribution in [-0.2, 0) is 22.8 Å². The molecule has 0 aromatic carbocycles. The van der Waals surface area contributed by atoms with Gasteiger partial charge in [0.05, 0.1) is 11.5 Å². The van der Waals surface area contributed by atoms with E-state index in [2.05, 4.69) is 15.3 Å². The molecule has 1 saturated heterocycles. The van der Waals surface area contributed by atoms with Crippen LogP contribution in [0.4, 0.5) is 0 Å². The van der Waals surface area contributed by atoms with E-state index in [9.17, 15) is 8.42 Å². The van der Waals surface area contributed by atoms with E-state index < -0.39 is 9.84 Å². The fourth-order valence-corrected chi connectivity index (χ4v) is 4.19. The Morgan fingerprint density at radius 2 is 2.29 bits per heavy atom. The van der Waals surface area contributed by atoms with Gasteiger partial charge in [-0.3, -0.25) is 0 Å². The maximum atomic E-state index is 11.4. The van der Waals surface area contributed by atoms with Gasteiger partial charge in [-0.25, -0.2) is 18.4 Å². The van der Waals surface area contributed by atoms with Crippen LogP contribution in [0.2, 0.25) is 0 Å². The van der Waals surface area contributed by atoms with Crippen LogP contribution >= 0.6 is 0 Å². The summed E-state index contributed by atoms with van der Waals surface area (Å²) in [6, 6.07) is 0. The fourth-order valence-electron chi connectivity index (χ4n) is 2.45. The lowest BCUT2D eigenvalue weighted by molar-refractivity contribution is 0.598. The zero-order chi connectivity index (χ0) is 11.9. The minimum absolute atomic E-state index is 0.000172. The molecule has 0 amide bonds. The van der Waals surface area contributed by atoms with E-state index in [0.717, 1.165) is 30.8 Å². The lowest BCUT2D eigenvalue weighted by Gasteiger charge is -2.17. The number of hydrogen-bond donors (Lipinski definition) is 1. The minimum Gasteiger partial charge on any atom is -0.312 e. The Balaban J connectivity index is 1.89. The quantitative estimate of drug-likeness (QED) is 0.764. The van der Waals surface area contributed by atoms with Crippen LogP contribution < -0.4 is 5.32 Å². The third-order valence-corrected chi connectivity index (χ3v) is 5.19. The van der Waals surface area contributed by atoms with Gasteiger partial charge in [0, 0.05) is 42.9 Å². The van der Waals surface area contributed by atoms with Crippen molar-refractivity contribution >= 4 is 9.84 Å². The number of fused-ring (bicyclic) bond motifs is 1. The molecule has 5 nitrogen and oxygen atoms in total. The maximum Gasteiger partial charge on any atom is 0.151 e. The van der Waals surface area contributed by atoms with Gasteiger partial charge in [0.15, 0.2) is 9.84 Å². The van der Waals surface area contributed by atoms with Gasteiger partial charge in [0.2, 0.25) is 0 Å². The molecule has 1 atom stereocenters. The molecule has 0 saturated carbocycles. The van der Waals surface area contributed by atoms with Gasteiger partial charge in [-0.1, -0.05) is 0 Å². The molecule has 0 aliphatic carbocycles. The summed E-state index contributed by atoms with van der Waals surface area (Å²) in [4.78, 5) is 8.87. The van der Waals surface area contributed by atoms with Crippen molar-refractivity contribution < 1.29 is 8.42 Å². The van der Waals surface area contributed by atoms with Crippen molar-refractivity contribution in [1.29, 1.82) is 0 Å². The lowest BCUT2D eigenvalue weighted by atomic mass is 10.1. The summed E-state index contributed by atoms with van der Waals surface area (Å²) in [7, 11) is -2.86. The highest BCUT2D eigenvalue weighted by atomic mass is 32.2. The Morgan fingerprint density at radius 3 is 3.06 bits per heavy atom. The normalized spacial score (nSPS) is 26.7. The molecule has 0 bridgehead atoms. The molecule has 1 aromatic rings. The monoisotopic (exact) mass is 253 g/mol. The SMILES string of the molecule is O=S1(=O)CCC(c2ncc3c(n2)CCNC3)C1. The van der Waals surface area contributed by atoms with Crippen molar-refractivity contribution in [3.63, 3.8) is 0 Å². The van der Waals surface area contributed by atoms with E-state index in [1.165, 1.54) is 0 Å².